The molecule has 2 unspecified atom stereocenters. The summed E-state index contributed by atoms with van der Waals surface area (Å²) >= 11 is 3.47. The van der Waals surface area contributed by atoms with E-state index in [1.165, 1.54) is 19.3 Å². The molecular formula is C15H21BrN4. The van der Waals surface area contributed by atoms with Gasteiger partial charge in [0.05, 0.1) is 0 Å². The van der Waals surface area contributed by atoms with Crippen molar-refractivity contribution in [1.82, 2.24) is 4.90 Å². The molecule has 2 bridgehead atoms. The Hall–Kier alpha value is -1.07. The molecule has 2 saturated heterocycles. The molecule has 0 amide bonds. The molecule has 108 valence electrons. The first-order valence-corrected chi connectivity index (χ1v) is 7.96. The van der Waals surface area contributed by atoms with Crippen LogP contribution in [-0.4, -0.2) is 43.0 Å². The molecular weight excluding hydrogens is 316 g/mol. The molecule has 4 nitrogen and oxygen atoms in total. The Morgan fingerprint density at radius 2 is 2.05 bits per heavy atom. The van der Waals surface area contributed by atoms with Crippen LogP contribution in [0.4, 0.5) is 5.69 Å². The molecule has 2 aliphatic heterocycles. The Kier molecular flexibility index (Phi) is 3.73. The first-order valence-electron chi connectivity index (χ1n) is 7.17. The summed E-state index contributed by atoms with van der Waals surface area (Å²) in [6, 6.07) is 7.42. The van der Waals surface area contributed by atoms with Gasteiger partial charge >= 0.3 is 0 Å². The van der Waals surface area contributed by atoms with E-state index in [0.29, 0.717) is 6.04 Å². The zero-order valence-electron chi connectivity index (χ0n) is 11.8. The standard InChI is InChI=1S/C15H21BrN4/c1-19-11-3-4-12(19)9-20(7-6-11)14-5-2-10(16)8-13(14)15(17)18/h2,5,8,11-12H,3-4,6-7,9H2,1H3,(H3,17,18). The van der Waals surface area contributed by atoms with Crippen LogP contribution in [0.3, 0.4) is 0 Å². The average Bonchev–Trinajstić information content (AvgIpc) is 2.64. The van der Waals surface area contributed by atoms with Gasteiger partial charge in [-0.25, -0.2) is 0 Å². The highest BCUT2D eigenvalue weighted by molar-refractivity contribution is 9.10. The van der Waals surface area contributed by atoms with E-state index in [0.717, 1.165) is 34.9 Å². The predicted octanol–water partition coefficient (Wildman–Crippen LogP) is 2.41. The molecule has 0 spiro atoms. The van der Waals surface area contributed by atoms with E-state index in [-0.39, 0.29) is 5.84 Å². The Labute approximate surface area is 128 Å². The monoisotopic (exact) mass is 336 g/mol. The van der Waals surface area contributed by atoms with Crippen LogP contribution >= 0.6 is 15.9 Å². The first kappa shape index (κ1) is 13.9. The Bertz CT molecular complexity index is 531. The topological polar surface area (TPSA) is 56.4 Å². The van der Waals surface area contributed by atoms with Crippen LogP contribution in [-0.2, 0) is 0 Å². The van der Waals surface area contributed by atoms with Crippen molar-refractivity contribution in [3.63, 3.8) is 0 Å². The molecule has 0 aliphatic carbocycles. The molecule has 2 heterocycles. The molecule has 1 aromatic carbocycles. The summed E-state index contributed by atoms with van der Waals surface area (Å²) in [5.74, 6) is 0.143. The van der Waals surface area contributed by atoms with Gasteiger partial charge in [0, 0.05) is 40.9 Å². The van der Waals surface area contributed by atoms with E-state index in [2.05, 4.69) is 38.8 Å². The highest BCUT2D eigenvalue weighted by atomic mass is 79.9. The lowest BCUT2D eigenvalue weighted by Crippen LogP contribution is -2.37. The highest BCUT2D eigenvalue weighted by Crippen LogP contribution is 2.32. The Balaban J connectivity index is 1.91. The molecule has 2 atom stereocenters. The minimum atomic E-state index is 0.143. The number of amidine groups is 1. The van der Waals surface area contributed by atoms with Crippen LogP contribution < -0.4 is 10.6 Å². The van der Waals surface area contributed by atoms with Crippen molar-refractivity contribution in [2.45, 2.75) is 31.3 Å². The predicted molar refractivity (Wildman–Crippen MR) is 86.6 cm³/mol. The van der Waals surface area contributed by atoms with Gasteiger partial charge in [0.15, 0.2) is 0 Å². The van der Waals surface area contributed by atoms with Gasteiger partial charge in [-0.3, -0.25) is 10.3 Å². The third-order valence-corrected chi connectivity index (χ3v) is 5.23. The maximum absolute atomic E-state index is 7.81. The quantitative estimate of drug-likeness (QED) is 0.644. The number of rotatable bonds is 2. The average molecular weight is 337 g/mol. The van der Waals surface area contributed by atoms with Gasteiger partial charge in [0.2, 0.25) is 0 Å². The van der Waals surface area contributed by atoms with Gasteiger partial charge < -0.3 is 10.6 Å². The summed E-state index contributed by atoms with van der Waals surface area (Å²) in [5, 5.41) is 7.81. The lowest BCUT2D eigenvalue weighted by atomic mass is 10.1. The highest BCUT2D eigenvalue weighted by Gasteiger charge is 2.35. The van der Waals surface area contributed by atoms with Gasteiger partial charge in [-0.15, -0.1) is 0 Å². The van der Waals surface area contributed by atoms with Crippen molar-refractivity contribution in [1.29, 1.82) is 5.41 Å². The van der Waals surface area contributed by atoms with Crippen molar-refractivity contribution < 1.29 is 0 Å². The first-order chi connectivity index (χ1) is 9.56. The van der Waals surface area contributed by atoms with Crippen LogP contribution in [0.2, 0.25) is 0 Å². The maximum atomic E-state index is 7.81. The second kappa shape index (κ2) is 5.37. The van der Waals surface area contributed by atoms with Crippen LogP contribution in [0.15, 0.2) is 22.7 Å². The fraction of sp³-hybridized carbons (Fsp3) is 0.533. The fourth-order valence-electron chi connectivity index (χ4n) is 3.53. The third kappa shape index (κ3) is 2.44. The van der Waals surface area contributed by atoms with E-state index < -0.39 is 0 Å². The number of nitrogens with two attached hydrogens (primary N) is 1. The lowest BCUT2D eigenvalue weighted by molar-refractivity contribution is 0.254. The number of fused-ring (bicyclic) bond motifs is 2. The summed E-state index contributed by atoms with van der Waals surface area (Å²) in [5.41, 5.74) is 7.69. The fourth-order valence-corrected chi connectivity index (χ4v) is 3.89. The van der Waals surface area contributed by atoms with E-state index >= 15 is 0 Å². The zero-order valence-corrected chi connectivity index (χ0v) is 13.4. The maximum Gasteiger partial charge on any atom is 0.124 e. The number of anilines is 1. The van der Waals surface area contributed by atoms with Crippen molar-refractivity contribution >= 4 is 27.5 Å². The summed E-state index contributed by atoms with van der Waals surface area (Å²) < 4.78 is 0.972. The van der Waals surface area contributed by atoms with Crippen LogP contribution in [0.25, 0.3) is 0 Å². The van der Waals surface area contributed by atoms with Crippen molar-refractivity contribution in [3.8, 4) is 0 Å². The molecule has 0 saturated carbocycles. The number of hydrogen-bond donors (Lipinski definition) is 2. The van der Waals surface area contributed by atoms with Crippen LogP contribution in [0.1, 0.15) is 24.8 Å². The summed E-state index contributed by atoms with van der Waals surface area (Å²) in [7, 11) is 2.25. The Morgan fingerprint density at radius 1 is 1.30 bits per heavy atom. The van der Waals surface area contributed by atoms with Crippen molar-refractivity contribution in [3.05, 3.63) is 28.2 Å². The molecule has 0 radical (unpaired) electrons. The van der Waals surface area contributed by atoms with Crippen molar-refractivity contribution in [2.24, 2.45) is 5.73 Å². The van der Waals surface area contributed by atoms with E-state index in [4.69, 9.17) is 11.1 Å². The normalized spacial score (nSPS) is 26.6. The number of halogens is 1. The number of benzene rings is 1. The van der Waals surface area contributed by atoms with Crippen LogP contribution in [0, 0.1) is 5.41 Å². The second-order valence-corrected chi connectivity index (χ2v) is 6.78. The molecule has 2 aliphatic rings. The van der Waals surface area contributed by atoms with Crippen molar-refractivity contribution in [2.75, 3.05) is 25.0 Å². The van der Waals surface area contributed by atoms with Crippen LogP contribution in [0.5, 0.6) is 0 Å². The van der Waals surface area contributed by atoms with Gasteiger partial charge in [-0.1, -0.05) is 15.9 Å². The summed E-state index contributed by atoms with van der Waals surface area (Å²) in [6.45, 7) is 2.09. The van der Waals surface area contributed by atoms with Gasteiger partial charge in [-0.05, 0) is 44.5 Å². The second-order valence-electron chi connectivity index (χ2n) is 5.86. The van der Waals surface area contributed by atoms with E-state index in [1.807, 2.05) is 12.1 Å². The van der Waals surface area contributed by atoms with E-state index in [9.17, 15) is 0 Å². The smallest absolute Gasteiger partial charge is 0.124 e. The molecule has 5 heteroatoms. The number of nitrogens with zero attached hydrogens (tertiary/aromatic N) is 2. The molecule has 2 fully saturated rings. The Morgan fingerprint density at radius 3 is 2.80 bits per heavy atom. The molecule has 0 aromatic heterocycles. The third-order valence-electron chi connectivity index (χ3n) is 4.74. The van der Waals surface area contributed by atoms with Gasteiger partial charge in [-0.2, -0.15) is 0 Å². The number of likely N-dealkylation sites (N-methyl/N-ethyl adjacent to an activating group) is 1. The van der Waals surface area contributed by atoms with E-state index in [1.54, 1.807) is 0 Å². The number of hydrogen-bond acceptors (Lipinski definition) is 3. The number of nitrogens with one attached hydrogen (secondary N) is 1. The van der Waals surface area contributed by atoms with Gasteiger partial charge in [0.25, 0.3) is 0 Å². The molecule has 3 rings (SSSR count). The molecule has 20 heavy (non-hydrogen) atoms. The summed E-state index contributed by atoms with van der Waals surface area (Å²) in [4.78, 5) is 4.94. The number of nitrogen functional groups attached to an aromatic ring is 1. The lowest BCUT2D eigenvalue weighted by Gasteiger charge is -2.29. The minimum absolute atomic E-state index is 0.143. The largest absolute Gasteiger partial charge is 0.384 e. The summed E-state index contributed by atoms with van der Waals surface area (Å²) in [6.07, 6.45) is 3.80. The minimum Gasteiger partial charge on any atom is -0.384 e. The molecule has 3 N–H and O–H groups in total. The van der Waals surface area contributed by atoms with Gasteiger partial charge in [0.1, 0.15) is 5.84 Å². The molecule has 1 aromatic rings. The zero-order chi connectivity index (χ0) is 14.3. The SMILES string of the molecule is CN1C2CCC1CN(c1ccc(Br)cc1C(=N)N)CC2.